The normalized spacial score (nSPS) is 25.2. The SMILES string of the molecule is CCC1CCCCC1NCC(O)c1cccc(Br)c1. The highest BCUT2D eigenvalue weighted by molar-refractivity contribution is 9.10. The van der Waals surface area contributed by atoms with Crippen molar-refractivity contribution >= 4 is 15.9 Å². The molecule has 19 heavy (non-hydrogen) atoms. The monoisotopic (exact) mass is 325 g/mol. The van der Waals surface area contributed by atoms with Gasteiger partial charge in [-0.25, -0.2) is 0 Å². The van der Waals surface area contributed by atoms with Crippen LogP contribution >= 0.6 is 15.9 Å². The molecule has 0 saturated heterocycles. The summed E-state index contributed by atoms with van der Waals surface area (Å²) >= 11 is 3.45. The van der Waals surface area contributed by atoms with Gasteiger partial charge in [-0.15, -0.1) is 0 Å². The smallest absolute Gasteiger partial charge is 0.0914 e. The van der Waals surface area contributed by atoms with E-state index in [1.54, 1.807) is 0 Å². The van der Waals surface area contributed by atoms with Crippen molar-refractivity contribution in [3.63, 3.8) is 0 Å². The van der Waals surface area contributed by atoms with Crippen LogP contribution in [0.3, 0.4) is 0 Å². The lowest BCUT2D eigenvalue weighted by Gasteiger charge is -2.32. The van der Waals surface area contributed by atoms with Gasteiger partial charge in [0.05, 0.1) is 6.10 Å². The number of halogens is 1. The average molecular weight is 326 g/mol. The Morgan fingerprint density at radius 1 is 1.37 bits per heavy atom. The van der Waals surface area contributed by atoms with E-state index in [1.807, 2.05) is 24.3 Å². The minimum absolute atomic E-state index is 0.420. The van der Waals surface area contributed by atoms with Gasteiger partial charge < -0.3 is 10.4 Å². The second-order valence-corrected chi connectivity index (χ2v) is 6.45. The molecule has 0 aliphatic heterocycles. The highest BCUT2D eigenvalue weighted by atomic mass is 79.9. The Morgan fingerprint density at radius 2 is 2.16 bits per heavy atom. The zero-order valence-corrected chi connectivity index (χ0v) is 13.2. The van der Waals surface area contributed by atoms with Gasteiger partial charge in [0.1, 0.15) is 0 Å². The van der Waals surface area contributed by atoms with Gasteiger partial charge in [0.2, 0.25) is 0 Å². The predicted octanol–water partition coefficient (Wildman–Crippen LogP) is 4.04. The van der Waals surface area contributed by atoms with Crippen LogP contribution in [0.25, 0.3) is 0 Å². The minimum Gasteiger partial charge on any atom is -0.387 e. The summed E-state index contributed by atoms with van der Waals surface area (Å²) in [4.78, 5) is 0. The Morgan fingerprint density at radius 3 is 2.89 bits per heavy atom. The molecular formula is C16H24BrNO. The van der Waals surface area contributed by atoms with E-state index in [9.17, 15) is 5.11 Å². The largest absolute Gasteiger partial charge is 0.387 e. The topological polar surface area (TPSA) is 32.3 Å². The van der Waals surface area contributed by atoms with Gasteiger partial charge in [0, 0.05) is 17.1 Å². The van der Waals surface area contributed by atoms with Gasteiger partial charge in [-0.1, -0.05) is 54.2 Å². The van der Waals surface area contributed by atoms with Crippen molar-refractivity contribution in [3.05, 3.63) is 34.3 Å². The summed E-state index contributed by atoms with van der Waals surface area (Å²) in [6, 6.07) is 8.51. The lowest BCUT2D eigenvalue weighted by Crippen LogP contribution is -2.40. The first-order chi connectivity index (χ1) is 9.20. The van der Waals surface area contributed by atoms with Gasteiger partial charge in [-0.2, -0.15) is 0 Å². The third-order valence-electron chi connectivity index (χ3n) is 4.24. The molecule has 2 nitrogen and oxygen atoms in total. The van der Waals surface area contributed by atoms with Crippen molar-refractivity contribution in [2.24, 2.45) is 5.92 Å². The third kappa shape index (κ3) is 4.30. The van der Waals surface area contributed by atoms with E-state index in [2.05, 4.69) is 28.2 Å². The van der Waals surface area contributed by atoms with E-state index >= 15 is 0 Å². The molecule has 1 aliphatic rings. The van der Waals surface area contributed by atoms with Crippen molar-refractivity contribution in [1.29, 1.82) is 0 Å². The van der Waals surface area contributed by atoms with Gasteiger partial charge >= 0.3 is 0 Å². The summed E-state index contributed by atoms with van der Waals surface area (Å²) in [5.41, 5.74) is 0.978. The number of aliphatic hydroxyl groups is 1. The molecule has 1 fully saturated rings. The molecule has 0 heterocycles. The molecule has 0 spiro atoms. The van der Waals surface area contributed by atoms with E-state index in [1.165, 1.54) is 32.1 Å². The van der Waals surface area contributed by atoms with Crippen LogP contribution in [0, 0.1) is 5.92 Å². The van der Waals surface area contributed by atoms with Crippen LogP contribution in [0.2, 0.25) is 0 Å². The highest BCUT2D eigenvalue weighted by Gasteiger charge is 2.23. The molecule has 0 aromatic heterocycles. The van der Waals surface area contributed by atoms with E-state index < -0.39 is 6.10 Å². The standard InChI is InChI=1S/C16H24BrNO/c1-2-12-6-3-4-9-15(12)18-11-16(19)13-7-5-8-14(17)10-13/h5,7-8,10,12,15-16,18-19H,2-4,6,9,11H2,1H3. The fourth-order valence-corrected chi connectivity index (χ4v) is 3.48. The summed E-state index contributed by atoms with van der Waals surface area (Å²) < 4.78 is 1.02. The molecule has 2 N–H and O–H groups in total. The van der Waals surface area contributed by atoms with E-state index in [-0.39, 0.29) is 0 Å². The first-order valence-corrected chi connectivity index (χ1v) is 8.17. The predicted molar refractivity (Wildman–Crippen MR) is 83.1 cm³/mol. The van der Waals surface area contributed by atoms with E-state index in [0.717, 1.165) is 16.0 Å². The summed E-state index contributed by atoms with van der Waals surface area (Å²) in [6.45, 7) is 2.92. The maximum Gasteiger partial charge on any atom is 0.0914 e. The average Bonchev–Trinajstić information content (AvgIpc) is 2.45. The zero-order valence-electron chi connectivity index (χ0n) is 11.6. The maximum atomic E-state index is 10.3. The van der Waals surface area contributed by atoms with Gasteiger partial charge in [-0.3, -0.25) is 0 Å². The van der Waals surface area contributed by atoms with Crippen molar-refractivity contribution in [1.82, 2.24) is 5.32 Å². The molecule has 106 valence electrons. The molecule has 1 aromatic rings. The number of hydrogen-bond acceptors (Lipinski definition) is 2. The molecule has 0 bridgehead atoms. The molecule has 1 saturated carbocycles. The summed E-state index contributed by atoms with van der Waals surface area (Å²) in [5.74, 6) is 0.781. The van der Waals surface area contributed by atoms with Gasteiger partial charge in [0.15, 0.2) is 0 Å². The number of rotatable bonds is 5. The van der Waals surface area contributed by atoms with E-state index in [0.29, 0.717) is 12.6 Å². The quantitative estimate of drug-likeness (QED) is 0.856. The van der Waals surface area contributed by atoms with Gasteiger partial charge in [0.25, 0.3) is 0 Å². The Balaban J connectivity index is 1.87. The second kappa shape index (κ2) is 7.41. The zero-order chi connectivity index (χ0) is 13.7. The fourth-order valence-electron chi connectivity index (χ4n) is 3.06. The molecule has 0 radical (unpaired) electrons. The summed E-state index contributed by atoms with van der Waals surface area (Å²) in [5, 5.41) is 13.8. The second-order valence-electron chi connectivity index (χ2n) is 5.54. The Hall–Kier alpha value is -0.380. The molecule has 3 heteroatoms. The molecule has 1 aromatic carbocycles. The van der Waals surface area contributed by atoms with Crippen LogP contribution in [0.15, 0.2) is 28.7 Å². The maximum absolute atomic E-state index is 10.3. The first kappa shape index (κ1) is 15.0. The van der Waals surface area contributed by atoms with Crippen LogP contribution in [0.5, 0.6) is 0 Å². The van der Waals surface area contributed by atoms with Crippen molar-refractivity contribution in [2.45, 2.75) is 51.2 Å². The molecule has 3 atom stereocenters. The van der Waals surface area contributed by atoms with Crippen LogP contribution in [-0.4, -0.2) is 17.7 Å². The first-order valence-electron chi connectivity index (χ1n) is 7.37. The molecule has 3 unspecified atom stereocenters. The Bertz CT molecular complexity index is 396. The van der Waals surface area contributed by atoms with Gasteiger partial charge in [-0.05, 0) is 36.5 Å². The lowest BCUT2D eigenvalue weighted by atomic mass is 9.83. The summed E-state index contributed by atoms with van der Waals surface area (Å²) in [6.07, 6.45) is 6.10. The molecule has 2 rings (SSSR count). The highest BCUT2D eigenvalue weighted by Crippen LogP contribution is 2.27. The minimum atomic E-state index is -0.420. The van der Waals surface area contributed by atoms with Crippen LogP contribution < -0.4 is 5.32 Å². The van der Waals surface area contributed by atoms with Crippen molar-refractivity contribution in [3.8, 4) is 0 Å². The third-order valence-corrected chi connectivity index (χ3v) is 4.73. The summed E-state index contributed by atoms with van der Waals surface area (Å²) in [7, 11) is 0. The number of aliphatic hydroxyl groups excluding tert-OH is 1. The van der Waals surface area contributed by atoms with Crippen LogP contribution in [0.4, 0.5) is 0 Å². The van der Waals surface area contributed by atoms with Crippen molar-refractivity contribution in [2.75, 3.05) is 6.54 Å². The number of nitrogens with one attached hydrogen (secondary N) is 1. The number of benzene rings is 1. The molecule has 0 amide bonds. The molecule has 1 aliphatic carbocycles. The fraction of sp³-hybridized carbons (Fsp3) is 0.625. The lowest BCUT2D eigenvalue weighted by molar-refractivity contribution is 0.154. The molecular weight excluding hydrogens is 302 g/mol. The Kier molecular flexibility index (Phi) is 5.86. The Labute approximate surface area is 124 Å². The number of hydrogen-bond donors (Lipinski definition) is 2. The van der Waals surface area contributed by atoms with E-state index in [4.69, 9.17) is 0 Å². The van der Waals surface area contributed by atoms with Crippen LogP contribution in [0.1, 0.15) is 50.7 Å². The van der Waals surface area contributed by atoms with Crippen LogP contribution in [-0.2, 0) is 0 Å². The van der Waals surface area contributed by atoms with Crippen molar-refractivity contribution < 1.29 is 5.11 Å².